The van der Waals surface area contributed by atoms with E-state index < -0.39 is 0 Å². The van der Waals surface area contributed by atoms with E-state index in [0.717, 1.165) is 12.0 Å². The average molecular weight is 344 g/mol. The van der Waals surface area contributed by atoms with Gasteiger partial charge in [0, 0.05) is 19.6 Å². The molecule has 0 saturated carbocycles. The Hall–Kier alpha value is -1.72. The molecule has 3 rings (SSSR count). The molecule has 0 radical (unpaired) electrons. The van der Waals surface area contributed by atoms with Crippen molar-refractivity contribution in [3.05, 3.63) is 35.9 Å². The van der Waals surface area contributed by atoms with Gasteiger partial charge in [0.1, 0.15) is 0 Å². The number of nitrogens with zero attached hydrogens (tertiary/aromatic N) is 2. The lowest BCUT2D eigenvalue weighted by atomic mass is 10.0. The van der Waals surface area contributed by atoms with Crippen LogP contribution in [0.3, 0.4) is 0 Å². The minimum absolute atomic E-state index is 0.0339. The maximum atomic E-state index is 12.8. The first kappa shape index (κ1) is 18.1. The summed E-state index contributed by atoms with van der Waals surface area (Å²) < 4.78 is 6.08. The van der Waals surface area contributed by atoms with Gasteiger partial charge in [-0.15, -0.1) is 0 Å². The van der Waals surface area contributed by atoms with E-state index in [9.17, 15) is 9.59 Å². The number of carbonyl (C=O) groups is 2. The van der Waals surface area contributed by atoms with Gasteiger partial charge in [0.15, 0.2) is 0 Å². The van der Waals surface area contributed by atoms with Crippen molar-refractivity contribution in [2.45, 2.75) is 51.9 Å². The molecule has 0 aromatic heterocycles. The molecule has 2 fully saturated rings. The first-order valence-electron chi connectivity index (χ1n) is 9.24. The molecule has 0 unspecified atom stereocenters. The van der Waals surface area contributed by atoms with Crippen LogP contribution in [0.4, 0.5) is 0 Å². The molecule has 2 saturated heterocycles. The molecular formula is C20H28N2O3. The monoisotopic (exact) mass is 344 g/mol. The lowest BCUT2D eigenvalue weighted by Gasteiger charge is -2.39. The standard InChI is InChI=1S/C20H28N2O3/c1-14(2)9-10-22-19(23)11-17(20(22)24)21-12-15(3)25-18(13-21)16-7-5-4-6-8-16/h4-8,14-15,17-18H,9-13H2,1-3H3/t15-,17+,18-/m1/s1. The van der Waals surface area contributed by atoms with Crippen LogP contribution in [0.1, 0.15) is 45.3 Å². The largest absolute Gasteiger partial charge is 0.368 e. The van der Waals surface area contributed by atoms with Crippen molar-refractivity contribution in [3.8, 4) is 0 Å². The lowest BCUT2D eigenvalue weighted by Crippen LogP contribution is -2.50. The summed E-state index contributed by atoms with van der Waals surface area (Å²) in [6.45, 7) is 8.11. The molecule has 25 heavy (non-hydrogen) atoms. The van der Waals surface area contributed by atoms with Gasteiger partial charge in [-0.05, 0) is 24.8 Å². The van der Waals surface area contributed by atoms with Gasteiger partial charge in [-0.3, -0.25) is 19.4 Å². The lowest BCUT2D eigenvalue weighted by molar-refractivity contribution is -0.142. The Morgan fingerprint density at radius 3 is 2.56 bits per heavy atom. The van der Waals surface area contributed by atoms with Gasteiger partial charge in [0.25, 0.3) is 0 Å². The summed E-state index contributed by atoms with van der Waals surface area (Å²) in [4.78, 5) is 28.7. The Balaban J connectivity index is 1.70. The molecule has 2 aliphatic heterocycles. The van der Waals surface area contributed by atoms with E-state index in [-0.39, 0.29) is 30.1 Å². The van der Waals surface area contributed by atoms with Crippen LogP contribution in [0.2, 0.25) is 0 Å². The normalized spacial score (nSPS) is 28.2. The van der Waals surface area contributed by atoms with Crippen LogP contribution in [0, 0.1) is 5.92 Å². The predicted octanol–water partition coefficient (Wildman–Crippen LogP) is 2.62. The molecule has 0 aliphatic carbocycles. The number of rotatable bonds is 5. The van der Waals surface area contributed by atoms with Crippen LogP contribution in [0.25, 0.3) is 0 Å². The van der Waals surface area contributed by atoms with E-state index in [1.807, 2.05) is 25.1 Å². The van der Waals surface area contributed by atoms with Crippen molar-refractivity contribution in [2.75, 3.05) is 19.6 Å². The summed E-state index contributed by atoms with van der Waals surface area (Å²) in [7, 11) is 0. The second kappa shape index (κ2) is 7.67. The van der Waals surface area contributed by atoms with E-state index in [1.165, 1.54) is 4.90 Å². The average Bonchev–Trinajstić information content (AvgIpc) is 2.87. The smallest absolute Gasteiger partial charge is 0.247 e. The number of likely N-dealkylation sites (tertiary alicyclic amines) is 1. The molecule has 5 heteroatoms. The number of hydrogen-bond donors (Lipinski definition) is 0. The van der Waals surface area contributed by atoms with Gasteiger partial charge in [0.05, 0.1) is 24.7 Å². The molecule has 5 nitrogen and oxygen atoms in total. The minimum Gasteiger partial charge on any atom is -0.368 e. The first-order chi connectivity index (χ1) is 12.0. The van der Waals surface area contributed by atoms with E-state index >= 15 is 0 Å². The van der Waals surface area contributed by atoms with Gasteiger partial charge in [-0.2, -0.15) is 0 Å². The maximum Gasteiger partial charge on any atom is 0.247 e. The Kier molecular flexibility index (Phi) is 5.54. The Bertz CT molecular complexity index is 617. The summed E-state index contributed by atoms with van der Waals surface area (Å²) >= 11 is 0. The van der Waals surface area contributed by atoms with E-state index in [4.69, 9.17) is 4.74 Å². The number of morpholine rings is 1. The van der Waals surface area contributed by atoms with Crippen LogP contribution >= 0.6 is 0 Å². The molecule has 0 spiro atoms. The third-order valence-electron chi connectivity index (χ3n) is 5.05. The summed E-state index contributed by atoms with van der Waals surface area (Å²) in [6, 6.07) is 9.76. The highest BCUT2D eigenvalue weighted by molar-refractivity contribution is 6.05. The summed E-state index contributed by atoms with van der Waals surface area (Å²) in [6.07, 6.45) is 1.13. The van der Waals surface area contributed by atoms with Crippen molar-refractivity contribution in [2.24, 2.45) is 5.92 Å². The first-order valence-corrected chi connectivity index (χ1v) is 9.24. The fourth-order valence-corrected chi connectivity index (χ4v) is 3.66. The van der Waals surface area contributed by atoms with Crippen molar-refractivity contribution in [1.29, 1.82) is 0 Å². The van der Waals surface area contributed by atoms with E-state index in [0.29, 0.717) is 32.0 Å². The zero-order chi connectivity index (χ0) is 18.0. The van der Waals surface area contributed by atoms with E-state index in [2.05, 4.69) is 30.9 Å². The number of hydrogen-bond acceptors (Lipinski definition) is 4. The van der Waals surface area contributed by atoms with Crippen molar-refractivity contribution >= 4 is 11.8 Å². The Morgan fingerprint density at radius 1 is 1.16 bits per heavy atom. The van der Waals surface area contributed by atoms with Crippen LogP contribution < -0.4 is 0 Å². The molecule has 3 atom stereocenters. The molecule has 1 aromatic rings. The summed E-state index contributed by atoms with van der Waals surface area (Å²) in [5, 5.41) is 0. The fourth-order valence-electron chi connectivity index (χ4n) is 3.66. The number of carbonyl (C=O) groups excluding carboxylic acids is 2. The minimum atomic E-state index is -0.336. The molecule has 2 aliphatic rings. The van der Waals surface area contributed by atoms with Crippen LogP contribution in [-0.2, 0) is 14.3 Å². The molecule has 2 amide bonds. The SMILES string of the molecule is CC(C)CCN1C(=O)C[C@H](N2C[C@@H](C)O[C@@H](c3ccccc3)C2)C1=O. The van der Waals surface area contributed by atoms with Gasteiger partial charge in [-0.1, -0.05) is 44.2 Å². The van der Waals surface area contributed by atoms with Crippen molar-refractivity contribution < 1.29 is 14.3 Å². The molecule has 0 bridgehead atoms. The third-order valence-corrected chi connectivity index (χ3v) is 5.05. The zero-order valence-corrected chi connectivity index (χ0v) is 15.4. The number of benzene rings is 1. The van der Waals surface area contributed by atoms with Gasteiger partial charge < -0.3 is 4.74 Å². The Labute approximate surface area is 149 Å². The highest BCUT2D eigenvalue weighted by Crippen LogP contribution is 2.29. The number of imide groups is 1. The van der Waals surface area contributed by atoms with Gasteiger partial charge in [0.2, 0.25) is 11.8 Å². The molecule has 1 aromatic carbocycles. The highest BCUT2D eigenvalue weighted by Gasteiger charge is 2.44. The molecule has 2 heterocycles. The van der Waals surface area contributed by atoms with Crippen molar-refractivity contribution in [3.63, 3.8) is 0 Å². The third kappa shape index (κ3) is 4.10. The van der Waals surface area contributed by atoms with E-state index in [1.54, 1.807) is 0 Å². The topological polar surface area (TPSA) is 49.9 Å². The van der Waals surface area contributed by atoms with Gasteiger partial charge in [-0.25, -0.2) is 0 Å². The van der Waals surface area contributed by atoms with Crippen molar-refractivity contribution in [1.82, 2.24) is 9.80 Å². The molecule has 0 N–H and O–H groups in total. The quantitative estimate of drug-likeness (QED) is 0.771. The van der Waals surface area contributed by atoms with Crippen LogP contribution in [0.15, 0.2) is 30.3 Å². The second-order valence-electron chi connectivity index (χ2n) is 7.59. The Morgan fingerprint density at radius 2 is 1.88 bits per heavy atom. The highest BCUT2D eigenvalue weighted by atomic mass is 16.5. The van der Waals surface area contributed by atoms with Crippen LogP contribution in [-0.4, -0.2) is 53.4 Å². The zero-order valence-electron chi connectivity index (χ0n) is 15.4. The maximum absolute atomic E-state index is 12.8. The predicted molar refractivity (Wildman–Crippen MR) is 95.9 cm³/mol. The van der Waals surface area contributed by atoms with Crippen LogP contribution in [0.5, 0.6) is 0 Å². The fraction of sp³-hybridized carbons (Fsp3) is 0.600. The molecular weight excluding hydrogens is 316 g/mol. The second-order valence-corrected chi connectivity index (χ2v) is 7.59. The van der Waals surface area contributed by atoms with Gasteiger partial charge >= 0.3 is 0 Å². The number of amides is 2. The summed E-state index contributed by atoms with van der Waals surface area (Å²) in [5.74, 6) is 0.406. The number of ether oxygens (including phenoxy) is 1. The summed E-state index contributed by atoms with van der Waals surface area (Å²) in [5.41, 5.74) is 1.12. The molecule has 136 valence electrons.